The van der Waals surface area contributed by atoms with Crippen LogP contribution in [-0.4, -0.2) is 26.7 Å². The minimum Gasteiger partial charge on any atom is -0.492 e. The number of thiophene rings is 1. The van der Waals surface area contributed by atoms with Crippen molar-refractivity contribution in [3.8, 4) is 5.75 Å². The summed E-state index contributed by atoms with van der Waals surface area (Å²) in [5.74, 6) is 0.496. The second-order valence-electron chi connectivity index (χ2n) is 4.23. The molecule has 2 N–H and O–H groups in total. The van der Waals surface area contributed by atoms with Gasteiger partial charge < -0.3 is 9.84 Å². The highest BCUT2D eigenvalue weighted by atomic mass is 32.2. The van der Waals surface area contributed by atoms with Crippen LogP contribution in [0, 0.1) is 0 Å². The van der Waals surface area contributed by atoms with Gasteiger partial charge in [-0.2, -0.15) is 0 Å². The molecule has 0 fully saturated rings. The number of aliphatic hydroxyl groups excluding tert-OH is 1. The minimum atomic E-state index is -3.64. The Morgan fingerprint density at radius 1 is 1.24 bits per heavy atom. The Morgan fingerprint density at radius 2 is 2.00 bits per heavy atom. The largest absolute Gasteiger partial charge is 0.492 e. The molecule has 114 valence electrons. The Hall–Kier alpha value is -1.57. The predicted octanol–water partition coefficient (Wildman–Crippen LogP) is 2.48. The van der Waals surface area contributed by atoms with Crippen molar-refractivity contribution in [3.63, 3.8) is 0 Å². The number of hydrogen-bond donors (Lipinski definition) is 2. The Balaban J connectivity index is 2.24. The molecule has 7 heteroatoms. The van der Waals surface area contributed by atoms with Crippen LogP contribution in [0.15, 0.2) is 40.6 Å². The lowest BCUT2D eigenvalue weighted by Gasteiger charge is -2.11. The van der Waals surface area contributed by atoms with Crippen LogP contribution >= 0.6 is 11.3 Å². The second-order valence-corrected chi connectivity index (χ2v) is 7.31. The first-order valence-electron chi connectivity index (χ1n) is 6.51. The van der Waals surface area contributed by atoms with Crippen molar-refractivity contribution in [3.05, 3.63) is 41.3 Å². The Kier molecular flexibility index (Phi) is 5.22. The molecule has 0 unspecified atom stereocenters. The van der Waals surface area contributed by atoms with Gasteiger partial charge in [0, 0.05) is 17.9 Å². The van der Waals surface area contributed by atoms with Crippen molar-refractivity contribution in [2.75, 3.05) is 17.9 Å². The maximum absolute atomic E-state index is 12.4. The van der Waals surface area contributed by atoms with E-state index in [1.807, 2.05) is 6.92 Å². The van der Waals surface area contributed by atoms with Crippen molar-refractivity contribution in [2.24, 2.45) is 0 Å². The molecule has 0 radical (unpaired) electrons. The molecule has 0 saturated heterocycles. The zero-order valence-electron chi connectivity index (χ0n) is 11.6. The number of hydrogen-bond acceptors (Lipinski definition) is 5. The molecule has 5 nitrogen and oxygen atoms in total. The van der Waals surface area contributed by atoms with Crippen LogP contribution in [0.5, 0.6) is 5.75 Å². The standard InChI is InChI=1S/C14H17NO4S2/c1-2-19-13-6-4-3-5-12(13)15-21(17,18)14-8-7-11(20-14)9-10-16/h3-8,15-16H,2,9-10H2,1H3. The predicted molar refractivity (Wildman–Crippen MR) is 83.5 cm³/mol. The van der Waals surface area contributed by atoms with Gasteiger partial charge in [-0.15, -0.1) is 11.3 Å². The Morgan fingerprint density at radius 3 is 2.71 bits per heavy atom. The third-order valence-corrected chi connectivity index (χ3v) is 5.69. The van der Waals surface area contributed by atoms with Crippen LogP contribution in [0.1, 0.15) is 11.8 Å². The highest BCUT2D eigenvalue weighted by molar-refractivity contribution is 7.94. The number of anilines is 1. The van der Waals surface area contributed by atoms with Gasteiger partial charge in [-0.05, 0) is 31.2 Å². The topological polar surface area (TPSA) is 75.6 Å². The molecule has 0 saturated carbocycles. The van der Waals surface area contributed by atoms with E-state index in [4.69, 9.17) is 9.84 Å². The van der Waals surface area contributed by atoms with Gasteiger partial charge in [-0.25, -0.2) is 8.42 Å². The van der Waals surface area contributed by atoms with E-state index in [-0.39, 0.29) is 10.8 Å². The van der Waals surface area contributed by atoms with Gasteiger partial charge in [-0.3, -0.25) is 4.72 Å². The fraction of sp³-hybridized carbons (Fsp3) is 0.286. The van der Waals surface area contributed by atoms with E-state index in [9.17, 15) is 8.42 Å². The average Bonchev–Trinajstić information content (AvgIpc) is 2.91. The first kappa shape index (κ1) is 15.8. The van der Waals surface area contributed by atoms with Gasteiger partial charge in [0.1, 0.15) is 9.96 Å². The van der Waals surface area contributed by atoms with Crippen molar-refractivity contribution >= 4 is 27.0 Å². The molecule has 0 aliphatic carbocycles. The second kappa shape index (κ2) is 6.93. The summed E-state index contributed by atoms with van der Waals surface area (Å²) in [6.45, 7) is 2.30. The van der Waals surface area contributed by atoms with E-state index < -0.39 is 10.0 Å². The van der Waals surface area contributed by atoms with E-state index in [0.717, 1.165) is 16.2 Å². The first-order chi connectivity index (χ1) is 10.1. The molecule has 2 aromatic rings. The molecule has 0 aliphatic heterocycles. The lowest BCUT2D eigenvalue weighted by atomic mass is 10.3. The van der Waals surface area contributed by atoms with E-state index >= 15 is 0 Å². The summed E-state index contributed by atoms with van der Waals surface area (Å²) >= 11 is 1.15. The number of sulfonamides is 1. The van der Waals surface area contributed by atoms with Crippen LogP contribution in [0.4, 0.5) is 5.69 Å². The fourth-order valence-corrected chi connectivity index (χ4v) is 4.19. The van der Waals surface area contributed by atoms with E-state index in [1.54, 1.807) is 36.4 Å². The monoisotopic (exact) mass is 327 g/mol. The molecule has 1 aromatic carbocycles. The lowest BCUT2D eigenvalue weighted by Crippen LogP contribution is -2.12. The first-order valence-corrected chi connectivity index (χ1v) is 8.81. The third kappa shape index (κ3) is 3.96. The molecular formula is C14H17NO4S2. The molecular weight excluding hydrogens is 310 g/mol. The maximum atomic E-state index is 12.4. The van der Waals surface area contributed by atoms with Crippen molar-refractivity contribution in [1.82, 2.24) is 0 Å². The molecule has 21 heavy (non-hydrogen) atoms. The zero-order valence-corrected chi connectivity index (χ0v) is 13.2. The summed E-state index contributed by atoms with van der Waals surface area (Å²) in [6.07, 6.45) is 0.454. The molecule has 0 amide bonds. The summed E-state index contributed by atoms with van der Waals surface area (Å²) in [4.78, 5) is 0.830. The number of nitrogens with one attached hydrogen (secondary N) is 1. The maximum Gasteiger partial charge on any atom is 0.271 e. The molecule has 1 aromatic heterocycles. The summed E-state index contributed by atoms with van der Waals surface area (Å²) in [7, 11) is -3.64. The minimum absolute atomic E-state index is 0.000598. The Labute approximate surface area is 128 Å². The van der Waals surface area contributed by atoms with E-state index in [2.05, 4.69) is 4.72 Å². The van der Waals surface area contributed by atoms with Gasteiger partial charge in [-0.1, -0.05) is 12.1 Å². The zero-order chi connectivity index (χ0) is 15.3. The van der Waals surface area contributed by atoms with E-state index in [0.29, 0.717) is 24.5 Å². The van der Waals surface area contributed by atoms with Gasteiger partial charge >= 0.3 is 0 Å². The van der Waals surface area contributed by atoms with Crippen LogP contribution in [0.3, 0.4) is 0 Å². The molecule has 2 rings (SSSR count). The van der Waals surface area contributed by atoms with Crippen molar-refractivity contribution in [1.29, 1.82) is 0 Å². The number of aliphatic hydroxyl groups is 1. The number of benzene rings is 1. The van der Waals surface area contributed by atoms with Gasteiger partial charge in [0.15, 0.2) is 0 Å². The van der Waals surface area contributed by atoms with Gasteiger partial charge in [0.2, 0.25) is 0 Å². The van der Waals surface area contributed by atoms with Gasteiger partial charge in [0.25, 0.3) is 10.0 Å². The highest BCUT2D eigenvalue weighted by Crippen LogP contribution is 2.29. The molecule has 0 aliphatic rings. The van der Waals surface area contributed by atoms with Crippen LogP contribution in [0.2, 0.25) is 0 Å². The van der Waals surface area contributed by atoms with Crippen molar-refractivity contribution in [2.45, 2.75) is 17.6 Å². The average molecular weight is 327 g/mol. The molecule has 1 heterocycles. The fourth-order valence-electron chi connectivity index (χ4n) is 1.77. The van der Waals surface area contributed by atoms with E-state index in [1.165, 1.54) is 0 Å². The summed E-state index contributed by atoms with van der Waals surface area (Å²) in [6, 6.07) is 10.2. The summed E-state index contributed by atoms with van der Waals surface area (Å²) in [5, 5.41) is 8.89. The lowest BCUT2D eigenvalue weighted by molar-refractivity contribution is 0.300. The quantitative estimate of drug-likeness (QED) is 0.819. The normalized spacial score (nSPS) is 11.3. The number of para-hydroxylation sites is 2. The molecule has 0 spiro atoms. The molecule has 0 bridgehead atoms. The summed E-state index contributed by atoms with van der Waals surface area (Å²) < 4.78 is 32.9. The third-order valence-electron chi connectivity index (χ3n) is 2.69. The smallest absolute Gasteiger partial charge is 0.271 e. The SMILES string of the molecule is CCOc1ccccc1NS(=O)(=O)c1ccc(CCO)s1. The number of ether oxygens (including phenoxy) is 1. The highest BCUT2D eigenvalue weighted by Gasteiger charge is 2.18. The number of rotatable bonds is 7. The summed E-state index contributed by atoms with van der Waals surface area (Å²) in [5.41, 5.74) is 0.413. The van der Waals surface area contributed by atoms with Crippen molar-refractivity contribution < 1.29 is 18.3 Å². The van der Waals surface area contributed by atoms with Crippen LogP contribution in [0.25, 0.3) is 0 Å². The molecule has 0 atom stereocenters. The Bertz CT molecular complexity index is 695. The van der Waals surface area contributed by atoms with Gasteiger partial charge in [0.05, 0.1) is 12.3 Å². The van der Waals surface area contributed by atoms with Crippen LogP contribution < -0.4 is 9.46 Å². The van der Waals surface area contributed by atoms with Crippen LogP contribution in [-0.2, 0) is 16.4 Å².